The Labute approximate surface area is 154 Å². The van der Waals surface area contributed by atoms with Crippen molar-refractivity contribution in [1.29, 1.82) is 0 Å². The molecule has 1 unspecified atom stereocenters. The standard InChI is InChI=1S/C16H23N5O.2ClH/c1-10(2)21-15-14(8-18-21)13(7-11(3)19-15)16(22)20-6-5-17-12(4)9-20;;/h7-8,10,12,17H,5-6,9H2,1-4H3;2*1H. The Balaban J connectivity index is 0.00000144. The fourth-order valence-corrected chi connectivity index (χ4v) is 2.99. The Morgan fingerprint density at radius 1 is 1.38 bits per heavy atom. The normalized spacial score (nSPS) is 17.5. The maximum absolute atomic E-state index is 12.9. The van der Waals surface area contributed by atoms with E-state index in [9.17, 15) is 4.79 Å². The zero-order chi connectivity index (χ0) is 15.9. The van der Waals surface area contributed by atoms with E-state index in [0.717, 1.165) is 36.4 Å². The summed E-state index contributed by atoms with van der Waals surface area (Å²) in [5.74, 6) is 0.0761. The highest BCUT2D eigenvalue weighted by Crippen LogP contribution is 2.22. The number of fused-ring (bicyclic) bond motifs is 1. The quantitative estimate of drug-likeness (QED) is 0.878. The smallest absolute Gasteiger partial charge is 0.254 e. The first-order valence-corrected chi connectivity index (χ1v) is 7.85. The van der Waals surface area contributed by atoms with Gasteiger partial charge in [0.1, 0.15) is 0 Å². The largest absolute Gasteiger partial charge is 0.336 e. The molecule has 0 radical (unpaired) electrons. The summed E-state index contributed by atoms with van der Waals surface area (Å²) in [6.07, 6.45) is 1.76. The van der Waals surface area contributed by atoms with Crippen LogP contribution < -0.4 is 5.32 Å². The van der Waals surface area contributed by atoms with E-state index in [2.05, 4.69) is 36.2 Å². The predicted octanol–water partition coefficient (Wildman–Crippen LogP) is 2.60. The molecule has 6 nitrogen and oxygen atoms in total. The maximum atomic E-state index is 12.9. The Morgan fingerprint density at radius 2 is 2.08 bits per heavy atom. The number of nitrogens with one attached hydrogen (secondary N) is 1. The fourth-order valence-electron chi connectivity index (χ4n) is 2.99. The van der Waals surface area contributed by atoms with E-state index in [-0.39, 0.29) is 36.8 Å². The number of rotatable bonds is 2. The second-order valence-corrected chi connectivity index (χ2v) is 6.34. The first-order valence-electron chi connectivity index (χ1n) is 7.85. The van der Waals surface area contributed by atoms with Crippen LogP contribution in [0.4, 0.5) is 0 Å². The van der Waals surface area contributed by atoms with E-state index in [0.29, 0.717) is 11.6 Å². The van der Waals surface area contributed by atoms with E-state index < -0.39 is 0 Å². The molecule has 134 valence electrons. The molecule has 1 saturated heterocycles. The van der Waals surface area contributed by atoms with Crippen LogP contribution in [-0.2, 0) is 0 Å². The van der Waals surface area contributed by atoms with Crippen molar-refractivity contribution in [2.24, 2.45) is 0 Å². The van der Waals surface area contributed by atoms with Gasteiger partial charge in [-0.15, -0.1) is 24.8 Å². The second-order valence-electron chi connectivity index (χ2n) is 6.34. The lowest BCUT2D eigenvalue weighted by molar-refractivity contribution is 0.0711. The molecule has 1 aliphatic heterocycles. The number of piperazine rings is 1. The molecule has 2 aromatic heterocycles. The molecular weight excluding hydrogens is 349 g/mol. The number of halogens is 2. The van der Waals surface area contributed by atoms with Crippen molar-refractivity contribution in [3.8, 4) is 0 Å². The number of hydrogen-bond acceptors (Lipinski definition) is 4. The van der Waals surface area contributed by atoms with Gasteiger partial charge in [-0.2, -0.15) is 5.10 Å². The molecule has 0 aliphatic carbocycles. The van der Waals surface area contributed by atoms with Crippen LogP contribution in [0, 0.1) is 6.92 Å². The third-order valence-electron chi connectivity index (χ3n) is 4.07. The average Bonchev–Trinajstić information content (AvgIpc) is 2.89. The second kappa shape index (κ2) is 8.14. The third-order valence-corrected chi connectivity index (χ3v) is 4.07. The van der Waals surface area contributed by atoms with Crippen molar-refractivity contribution in [3.63, 3.8) is 0 Å². The van der Waals surface area contributed by atoms with Gasteiger partial charge in [-0.05, 0) is 33.8 Å². The van der Waals surface area contributed by atoms with Gasteiger partial charge in [0.25, 0.3) is 5.91 Å². The average molecular weight is 374 g/mol. The number of carbonyl (C=O) groups excluding carboxylic acids is 1. The maximum Gasteiger partial charge on any atom is 0.254 e. The molecule has 0 bridgehead atoms. The highest BCUT2D eigenvalue weighted by molar-refractivity contribution is 6.05. The first kappa shape index (κ1) is 20.7. The molecule has 1 atom stereocenters. The fraction of sp³-hybridized carbons (Fsp3) is 0.562. The number of aromatic nitrogens is 3. The van der Waals surface area contributed by atoms with Gasteiger partial charge in [0.15, 0.2) is 5.65 Å². The van der Waals surface area contributed by atoms with E-state index >= 15 is 0 Å². The van der Waals surface area contributed by atoms with Gasteiger partial charge in [0.2, 0.25) is 0 Å². The monoisotopic (exact) mass is 373 g/mol. The van der Waals surface area contributed by atoms with Gasteiger partial charge in [0, 0.05) is 37.4 Å². The van der Waals surface area contributed by atoms with Crippen molar-refractivity contribution in [2.45, 2.75) is 39.8 Å². The molecule has 1 fully saturated rings. The lowest BCUT2D eigenvalue weighted by Crippen LogP contribution is -2.51. The van der Waals surface area contributed by atoms with Gasteiger partial charge >= 0.3 is 0 Å². The molecule has 8 heteroatoms. The summed E-state index contributed by atoms with van der Waals surface area (Å²) in [4.78, 5) is 19.4. The first-order chi connectivity index (χ1) is 10.5. The number of aryl methyl sites for hydroxylation is 1. The SMILES string of the molecule is Cc1cc(C(=O)N2CCNC(C)C2)c2cnn(C(C)C)c2n1.Cl.Cl. The number of amides is 1. The molecule has 0 spiro atoms. The molecule has 2 aromatic rings. The van der Waals surface area contributed by atoms with Crippen LogP contribution in [0.5, 0.6) is 0 Å². The van der Waals surface area contributed by atoms with Crippen molar-refractivity contribution in [3.05, 3.63) is 23.5 Å². The zero-order valence-corrected chi connectivity index (χ0v) is 16.1. The summed E-state index contributed by atoms with van der Waals surface area (Å²) in [5.41, 5.74) is 2.35. The molecule has 1 N–H and O–H groups in total. The van der Waals surface area contributed by atoms with Crippen LogP contribution in [0.1, 0.15) is 42.9 Å². The van der Waals surface area contributed by atoms with Crippen molar-refractivity contribution >= 4 is 41.8 Å². The minimum Gasteiger partial charge on any atom is -0.336 e. The summed E-state index contributed by atoms with van der Waals surface area (Å²) in [6.45, 7) is 10.5. The third kappa shape index (κ3) is 3.82. The van der Waals surface area contributed by atoms with Crippen LogP contribution in [0.15, 0.2) is 12.3 Å². The van der Waals surface area contributed by atoms with Gasteiger partial charge < -0.3 is 10.2 Å². The van der Waals surface area contributed by atoms with Crippen molar-refractivity contribution < 1.29 is 4.79 Å². The summed E-state index contributed by atoms with van der Waals surface area (Å²) in [7, 11) is 0. The number of pyridine rings is 1. The summed E-state index contributed by atoms with van der Waals surface area (Å²) < 4.78 is 1.87. The van der Waals surface area contributed by atoms with Crippen LogP contribution in [0.3, 0.4) is 0 Å². The topological polar surface area (TPSA) is 63.1 Å². The van der Waals surface area contributed by atoms with Crippen molar-refractivity contribution in [1.82, 2.24) is 25.0 Å². The molecule has 24 heavy (non-hydrogen) atoms. The van der Waals surface area contributed by atoms with Crippen LogP contribution in [0.25, 0.3) is 11.0 Å². The van der Waals surface area contributed by atoms with E-state index in [1.807, 2.05) is 22.6 Å². The molecule has 1 aliphatic rings. The number of carbonyl (C=O) groups is 1. The Hall–Kier alpha value is -1.37. The summed E-state index contributed by atoms with van der Waals surface area (Å²) >= 11 is 0. The molecule has 1 amide bonds. The highest BCUT2D eigenvalue weighted by atomic mass is 35.5. The Bertz CT molecular complexity index is 716. The van der Waals surface area contributed by atoms with Gasteiger partial charge in [0.05, 0.1) is 17.1 Å². The molecule has 0 saturated carbocycles. The summed E-state index contributed by atoms with van der Waals surface area (Å²) in [6, 6.07) is 2.42. The van der Waals surface area contributed by atoms with Gasteiger partial charge in [-0.25, -0.2) is 9.67 Å². The molecule has 0 aromatic carbocycles. The lowest BCUT2D eigenvalue weighted by atomic mass is 10.1. The number of hydrogen-bond donors (Lipinski definition) is 1. The molecule has 3 rings (SSSR count). The molecular formula is C16H25Cl2N5O. The Morgan fingerprint density at radius 3 is 2.71 bits per heavy atom. The van der Waals surface area contributed by atoms with Crippen LogP contribution in [-0.4, -0.2) is 51.2 Å². The minimum absolute atomic E-state index is 0. The minimum atomic E-state index is 0. The van der Waals surface area contributed by atoms with E-state index in [4.69, 9.17) is 0 Å². The summed E-state index contributed by atoms with van der Waals surface area (Å²) in [5, 5.41) is 8.62. The van der Waals surface area contributed by atoms with E-state index in [1.165, 1.54) is 0 Å². The molecule has 3 heterocycles. The van der Waals surface area contributed by atoms with E-state index in [1.54, 1.807) is 6.20 Å². The zero-order valence-electron chi connectivity index (χ0n) is 14.4. The van der Waals surface area contributed by atoms with Gasteiger partial charge in [-0.3, -0.25) is 4.79 Å². The van der Waals surface area contributed by atoms with Gasteiger partial charge in [-0.1, -0.05) is 0 Å². The predicted molar refractivity (Wildman–Crippen MR) is 101 cm³/mol. The van der Waals surface area contributed by atoms with Crippen LogP contribution >= 0.6 is 24.8 Å². The van der Waals surface area contributed by atoms with Crippen LogP contribution in [0.2, 0.25) is 0 Å². The van der Waals surface area contributed by atoms with Crippen molar-refractivity contribution in [2.75, 3.05) is 19.6 Å². The number of nitrogens with zero attached hydrogens (tertiary/aromatic N) is 4. The highest BCUT2D eigenvalue weighted by Gasteiger charge is 2.24. The Kier molecular flexibility index (Phi) is 7.01. The lowest BCUT2D eigenvalue weighted by Gasteiger charge is -2.32.